The summed E-state index contributed by atoms with van der Waals surface area (Å²) in [4.78, 5) is 26.7. The van der Waals surface area contributed by atoms with Gasteiger partial charge in [0.1, 0.15) is 0 Å². The Hall–Kier alpha value is -2.09. The molecule has 2 rings (SSSR count). The number of carboxylic acids is 1. The molecule has 8 heteroatoms. The Bertz CT molecular complexity index is 634. The van der Waals surface area contributed by atoms with Crippen LogP contribution in [-0.2, 0) is 6.54 Å². The highest BCUT2D eigenvalue weighted by molar-refractivity contribution is 7.99. The van der Waals surface area contributed by atoms with E-state index in [1.54, 1.807) is 0 Å². The zero-order valence-corrected chi connectivity index (χ0v) is 10.3. The van der Waals surface area contributed by atoms with Crippen LogP contribution in [0.4, 0.5) is 0 Å². The number of rotatable bonds is 4. The third-order valence-corrected chi connectivity index (χ3v) is 3.30. The van der Waals surface area contributed by atoms with Crippen LogP contribution >= 0.6 is 11.8 Å². The molecule has 2 aromatic rings. The van der Waals surface area contributed by atoms with E-state index in [0.29, 0.717) is 16.6 Å². The van der Waals surface area contributed by atoms with Gasteiger partial charge in [-0.2, -0.15) is 0 Å². The van der Waals surface area contributed by atoms with Crippen LogP contribution in [0.25, 0.3) is 0 Å². The van der Waals surface area contributed by atoms with Crippen LogP contribution in [0.2, 0.25) is 0 Å². The molecule has 0 aliphatic carbocycles. The van der Waals surface area contributed by atoms with Crippen LogP contribution < -0.4 is 5.69 Å². The molecule has 0 fully saturated rings. The summed E-state index contributed by atoms with van der Waals surface area (Å²) in [6, 6.07) is 1.41. The maximum atomic E-state index is 11.4. The lowest BCUT2D eigenvalue weighted by Crippen LogP contribution is -2.16. The van der Waals surface area contributed by atoms with Crippen LogP contribution in [0.3, 0.4) is 0 Å². The van der Waals surface area contributed by atoms with E-state index in [2.05, 4.69) is 15.2 Å². The van der Waals surface area contributed by atoms with Crippen molar-refractivity contribution in [2.24, 2.45) is 0 Å². The molecule has 2 N–H and O–H groups in total. The summed E-state index contributed by atoms with van der Waals surface area (Å²) in [5.74, 6) is -1.04. The number of hydrogen-bond acceptors (Lipinski definition) is 5. The normalized spacial score (nSPS) is 10.5. The van der Waals surface area contributed by atoms with Gasteiger partial charge in [-0.15, -0.1) is 5.10 Å². The van der Waals surface area contributed by atoms with Gasteiger partial charge in [-0.25, -0.2) is 14.7 Å². The topological polar surface area (TPSA) is 101 Å². The van der Waals surface area contributed by atoms with E-state index >= 15 is 0 Å². The van der Waals surface area contributed by atoms with Crippen molar-refractivity contribution in [3.63, 3.8) is 0 Å². The van der Waals surface area contributed by atoms with Gasteiger partial charge in [0.05, 0.1) is 5.56 Å². The molecule has 7 nitrogen and oxygen atoms in total. The lowest BCUT2D eigenvalue weighted by molar-refractivity contribution is 0.0693. The highest BCUT2D eigenvalue weighted by atomic mass is 32.2. The molecule has 0 amide bonds. The highest BCUT2D eigenvalue weighted by Gasteiger charge is 2.14. The molecular weight excluding hydrogens is 256 g/mol. The van der Waals surface area contributed by atoms with E-state index in [-0.39, 0.29) is 11.3 Å². The first-order valence-electron chi connectivity index (χ1n) is 5.13. The van der Waals surface area contributed by atoms with Crippen molar-refractivity contribution >= 4 is 17.7 Å². The van der Waals surface area contributed by atoms with Crippen molar-refractivity contribution in [2.45, 2.75) is 23.5 Å². The Kier molecular flexibility index (Phi) is 3.47. The monoisotopic (exact) mass is 266 g/mol. The highest BCUT2D eigenvalue weighted by Crippen LogP contribution is 2.27. The Labute approximate surface area is 106 Å². The minimum absolute atomic E-state index is 0.133. The lowest BCUT2D eigenvalue weighted by Gasteiger charge is -2.04. The third kappa shape index (κ3) is 2.28. The molecule has 0 saturated heterocycles. The van der Waals surface area contributed by atoms with Crippen molar-refractivity contribution < 1.29 is 9.90 Å². The molecule has 0 saturated carbocycles. The average molecular weight is 266 g/mol. The smallest absolute Gasteiger partial charge is 0.343 e. The second-order valence-electron chi connectivity index (χ2n) is 3.33. The van der Waals surface area contributed by atoms with E-state index in [1.807, 2.05) is 6.92 Å². The minimum Gasteiger partial charge on any atom is -0.478 e. The summed E-state index contributed by atoms with van der Waals surface area (Å²) in [5.41, 5.74) is -0.186. The van der Waals surface area contributed by atoms with E-state index in [0.717, 1.165) is 11.8 Å². The molecule has 2 aromatic heterocycles. The molecule has 94 valence electrons. The van der Waals surface area contributed by atoms with Crippen LogP contribution in [0.5, 0.6) is 0 Å². The molecule has 0 aliphatic rings. The average Bonchev–Trinajstić information content (AvgIpc) is 2.70. The van der Waals surface area contributed by atoms with Gasteiger partial charge < -0.3 is 5.11 Å². The first-order chi connectivity index (χ1) is 8.63. The summed E-state index contributed by atoms with van der Waals surface area (Å²) in [6.45, 7) is 2.27. The van der Waals surface area contributed by atoms with Gasteiger partial charge in [-0.1, -0.05) is 0 Å². The summed E-state index contributed by atoms with van der Waals surface area (Å²) in [5, 5.41) is 15.6. The quantitative estimate of drug-likeness (QED) is 0.850. The fourth-order valence-corrected chi connectivity index (χ4v) is 2.39. The van der Waals surface area contributed by atoms with Crippen molar-refractivity contribution in [1.82, 2.24) is 19.7 Å². The van der Waals surface area contributed by atoms with E-state index in [4.69, 9.17) is 5.11 Å². The predicted octanol–water partition coefficient (Wildman–Crippen LogP) is 0.836. The number of H-pyrrole nitrogens is 1. The van der Waals surface area contributed by atoms with E-state index in [1.165, 1.54) is 23.0 Å². The Morgan fingerprint density at radius 3 is 3.06 bits per heavy atom. The van der Waals surface area contributed by atoms with Gasteiger partial charge in [0.2, 0.25) is 0 Å². The number of aromatic nitrogens is 4. The molecule has 2 heterocycles. The number of nitrogens with zero attached hydrogens (tertiary/aromatic N) is 3. The maximum Gasteiger partial charge on any atom is 0.343 e. The summed E-state index contributed by atoms with van der Waals surface area (Å²) < 4.78 is 1.42. The standard InChI is InChI=1S/C10H10N4O3S/c1-2-14-9(17)12-13-10(14)18-7-5-11-4-3-6(7)8(15)16/h3-5H,2H2,1H3,(H,12,17)(H,15,16). The zero-order valence-electron chi connectivity index (χ0n) is 9.45. The fraction of sp³-hybridized carbons (Fsp3) is 0.200. The number of nitrogens with one attached hydrogen (secondary N) is 1. The first-order valence-corrected chi connectivity index (χ1v) is 5.95. The summed E-state index contributed by atoms with van der Waals surface area (Å²) in [6.07, 6.45) is 2.85. The fourth-order valence-electron chi connectivity index (χ4n) is 1.40. The number of carboxylic acid groups (broad SMARTS) is 1. The molecule has 0 aliphatic heterocycles. The van der Waals surface area contributed by atoms with E-state index < -0.39 is 5.97 Å². The van der Waals surface area contributed by atoms with Crippen molar-refractivity contribution in [1.29, 1.82) is 0 Å². The molecule has 0 unspecified atom stereocenters. The molecule has 0 spiro atoms. The first kappa shape index (κ1) is 12.4. The molecule has 0 radical (unpaired) electrons. The van der Waals surface area contributed by atoms with Crippen molar-refractivity contribution in [3.05, 3.63) is 34.5 Å². The van der Waals surface area contributed by atoms with Crippen LogP contribution in [0, 0.1) is 0 Å². The van der Waals surface area contributed by atoms with Gasteiger partial charge in [-0.05, 0) is 24.8 Å². The van der Waals surface area contributed by atoms with Gasteiger partial charge in [0.25, 0.3) is 0 Å². The Balaban J connectivity index is 2.40. The van der Waals surface area contributed by atoms with Crippen LogP contribution in [0.1, 0.15) is 17.3 Å². The van der Waals surface area contributed by atoms with Crippen molar-refractivity contribution in [3.8, 4) is 0 Å². The Morgan fingerprint density at radius 2 is 2.39 bits per heavy atom. The zero-order chi connectivity index (χ0) is 13.1. The molecule has 18 heavy (non-hydrogen) atoms. The van der Waals surface area contributed by atoms with Gasteiger partial charge in [-0.3, -0.25) is 9.55 Å². The second kappa shape index (κ2) is 5.05. The molecule has 0 aromatic carbocycles. The second-order valence-corrected chi connectivity index (χ2v) is 4.34. The number of carbonyl (C=O) groups is 1. The lowest BCUT2D eigenvalue weighted by atomic mass is 10.3. The number of pyridine rings is 1. The molecular formula is C10H10N4O3S. The number of aromatic amines is 1. The third-order valence-electron chi connectivity index (χ3n) is 2.26. The van der Waals surface area contributed by atoms with Crippen molar-refractivity contribution in [2.75, 3.05) is 0 Å². The van der Waals surface area contributed by atoms with Crippen LogP contribution in [0.15, 0.2) is 33.3 Å². The van der Waals surface area contributed by atoms with Gasteiger partial charge >= 0.3 is 11.7 Å². The molecule has 0 bridgehead atoms. The summed E-state index contributed by atoms with van der Waals surface area (Å²) in [7, 11) is 0. The SMILES string of the molecule is CCn1c(Sc2cnccc2C(=O)O)n[nH]c1=O. The Morgan fingerprint density at radius 1 is 1.61 bits per heavy atom. The van der Waals surface area contributed by atoms with E-state index in [9.17, 15) is 9.59 Å². The number of hydrogen-bond donors (Lipinski definition) is 2. The van der Waals surface area contributed by atoms with Gasteiger partial charge in [0, 0.05) is 23.8 Å². The van der Waals surface area contributed by atoms with Crippen LogP contribution in [-0.4, -0.2) is 30.8 Å². The summed E-state index contributed by atoms with van der Waals surface area (Å²) >= 11 is 1.09. The van der Waals surface area contributed by atoms with Gasteiger partial charge in [0.15, 0.2) is 5.16 Å². The minimum atomic E-state index is -1.04. The molecule has 0 atom stereocenters. The number of aromatic carboxylic acids is 1. The predicted molar refractivity (Wildman–Crippen MR) is 63.8 cm³/mol. The maximum absolute atomic E-state index is 11.4. The largest absolute Gasteiger partial charge is 0.478 e.